The predicted octanol–water partition coefficient (Wildman–Crippen LogP) is 3.23. The van der Waals surface area contributed by atoms with Crippen molar-refractivity contribution < 1.29 is 0 Å². The molecule has 0 saturated carbocycles. The molecule has 1 aromatic rings. The first-order valence-electron chi connectivity index (χ1n) is 7.27. The van der Waals surface area contributed by atoms with Crippen molar-refractivity contribution in [2.45, 2.75) is 37.8 Å². The van der Waals surface area contributed by atoms with Gasteiger partial charge in [-0.25, -0.2) is 0 Å². The van der Waals surface area contributed by atoms with Crippen LogP contribution < -0.4 is 5.32 Å². The number of hydrogen-bond acceptors (Lipinski definition) is 3. The molecule has 1 fully saturated rings. The molecule has 0 aromatic heterocycles. The summed E-state index contributed by atoms with van der Waals surface area (Å²) in [6, 6.07) is 9.52. The predicted molar refractivity (Wildman–Crippen MR) is 84.7 cm³/mol. The number of benzene rings is 1. The van der Waals surface area contributed by atoms with Crippen LogP contribution in [0.1, 0.15) is 25.8 Å². The monoisotopic (exact) mass is 278 g/mol. The van der Waals surface area contributed by atoms with Gasteiger partial charge >= 0.3 is 0 Å². The van der Waals surface area contributed by atoms with E-state index in [1.165, 1.54) is 30.0 Å². The second kappa shape index (κ2) is 7.32. The zero-order chi connectivity index (χ0) is 13.7. The van der Waals surface area contributed by atoms with Crippen molar-refractivity contribution in [3.05, 3.63) is 29.8 Å². The van der Waals surface area contributed by atoms with Crippen LogP contribution in [0.3, 0.4) is 0 Å². The number of hydrogen-bond donors (Lipinski definition) is 1. The molecule has 0 amide bonds. The number of nitrogens with zero attached hydrogens (tertiary/aromatic N) is 1. The van der Waals surface area contributed by atoms with E-state index in [0.29, 0.717) is 6.04 Å². The molecule has 1 heterocycles. The smallest absolute Gasteiger partial charge is 0.0248 e. The lowest BCUT2D eigenvalue weighted by molar-refractivity contribution is 0.176. The Labute approximate surface area is 122 Å². The topological polar surface area (TPSA) is 15.3 Å². The van der Waals surface area contributed by atoms with Gasteiger partial charge in [0.2, 0.25) is 0 Å². The Balaban J connectivity index is 2.09. The molecule has 1 aliphatic heterocycles. The summed E-state index contributed by atoms with van der Waals surface area (Å²) in [5.74, 6) is 0.724. The fraction of sp³-hybridized carbons (Fsp3) is 0.625. The largest absolute Gasteiger partial charge is 0.315 e. The van der Waals surface area contributed by atoms with Gasteiger partial charge in [-0.1, -0.05) is 32.0 Å². The second-order valence-electron chi connectivity index (χ2n) is 5.78. The minimum atomic E-state index is 0.706. The Morgan fingerprint density at radius 1 is 1.37 bits per heavy atom. The lowest BCUT2D eigenvalue weighted by Gasteiger charge is -2.30. The Hall–Kier alpha value is -0.510. The summed E-state index contributed by atoms with van der Waals surface area (Å²) in [5, 5.41) is 3.49. The minimum Gasteiger partial charge on any atom is -0.315 e. The van der Waals surface area contributed by atoms with Crippen LogP contribution in [0.15, 0.2) is 29.2 Å². The number of nitrogens with one attached hydrogen (secondary N) is 1. The maximum atomic E-state index is 3.49. The van der Waals surface area contributed by atoms with Gasteiger partial charge in [0, 0.05) is 30.6 Å². The molecule has 0 unspecified atom stereocenters. The highest BCUT2D eigenvalue weighted by Crippen LogP contribution is 2.23. The van der Waals surface area contributed by atoms with Gasteiger partial charge in [-0.05, 0) is 36.8 Å². The molecule has 19 heavy (non-hydrogen) atoms. The van der Waals surface area contributed by atoms with Gasteiger partial charge in [0.15, 0.2) is 0 Å². The van der Waals surface area contributed by atoms with Crippen molar-refractivity contribution in [1.82, 2.24) is 10.2 Å². The molecule has 1 saturated heterocycles. The van der Waals surface area contributed by atoms with Crippen LogP contribution in [0.25, 0.3) is 0 Å². The van der Waals surface area contributed by atoms with Gasteiger partial charge in [-0.3, -0.25) is 4.90 Å². The molecule has 0 aliphatic carbocycles. The zero-order valence-corrected chi connectivity index (χ0v) is 13.2. The fourth-order valence-corrected chi connectivity index (χ4v) is 3.42. The molecular formula is C16H26N2S. The van der Waals surface area contributed by atoms with Crippen molar-refractivity contribution in [3.63, 3.8) is 0 Å². The Morgan fingerprint density at radius 3 is 2.79 bits per heavy atom. The van der Waals surface area contributed by atoms with Gasteiger partial charge in [0.1, 0.15) is 0 Å². The number of thioether (sulfide) groups is 1. The third kappa shape index (κ3) is 4.23. The van der Waals surface area contributed by atoms with Gasteiger partial charge in [0.25, 0.3) is 0 Å². The van der Waals surface area contributed by atoms with E-state index in [0.717, 1.165) is 19.0 Å². The standard InChI is InChI=1S/C16H26N2S/c1-13(2)11-18(15-8-9-17-10-15)12-14-6-4-5-7-16(14)19-3/h4-7,13,15,17H,8-12H2,1-3H3/t15-/m1/s1. The fourth-order valence-electron chi connectivity index (χ4n) is 2.82. The van der Waals surface area contributed by atoms with Gasteiger partial charge in [0.05, 0.1) is 0 Å². The minimum absolute atomic E-state index is 0.706. The molecule has 106 valence electrons. The van der Waals surface area contributed by atoms with Crippen molar-refractivity contribution >= 4 is 11.8 Å². The second-order valence-corrected chi connectivity index (χ2v) is 6.63. The van der Waals surface area contributed by atoms with Crippen molar-refractivity contribution in [2.24, 2.45) is 5.92 Å². The highest BCUT2D eigenvalue weighted by molar-refractivity contribution is 7.98. The summed E-state index contributed by atoms with van der Waals surface area (Å²) in [5.41, 5.74) is 1.47. The maximum Gasteiger partial charge on any atom is 0.0248 e. The van der Waals surface area contributed by atoms with Crippen LogP contribution in [-0.4, -0.2) is 36.8 Å². The summed E-state index contributed by atoms with van der Waals surface area (Å²) in [7, 11) is 0. The van der Waals surface area contributed by atoms with E-state index < -0.39 is 0 Å². The first-order chi connectivity index (χ1) is 9.20. The SMILES string of the molecule is CSc1ccccc1CN(CC(C)C)[C@@H]1CCNC1. The third-order valence-electron chi connectivity index (χ3n) is 3.72. The van der Waals surface area contributed by atoms with Gasteiger partial charge < -0.3 is 5.32 Å². The van der Waals surface area contributed by atoms with E-state index in [9.17, 15) is 0 Å². The van der Waals surface area contributed by atoms with Crippen LogP contribution in [0.4, 0.5) is 0 Å². The third-order valence-corrected chi connectivity index (χ3v) is 4.55. The van der Waals surface area contributed by atoms with Crippen molar-refractivity contribution in [3.8, 4) is 0 Å². The van der Waals surface area contributed by atoms with Gasteiger partial charge in [-0.2, -0.15) is 0 Å². The van der Waals surface area contributed by atoms with Crippen LogP contribution in [0, 0.1) is 5.92 Å². The van der Waals surface area contributed by atoms with E-state index in [1.54, 1.807) is 0 Å². The molecular weight excluding hydrogens is 252 g/mol. The normalized spacial score (nSPS) is 19.5. The Morgan fingerprint density at radius 2 is 2.16 bits per heavy atom. The van der Waals surface area contributed by atoms with Crippen molar-refractivity contribution in [2.75, 3.05) is 25.9 Å². The highest BCUT2D eigenvalue weighted by Gasteiger charge is 2.23. The van der Waals surface area contributed by atoms with E-state index in [2.05, 4.69) is 54.6 Å². The zero-order valence-electron chi connectivity index (χ0n) is 12.4. The van der Waals surface area contributed by atoms with E-state index in [-0.39, 0.29) is 0 Å². The summed E-state index contributed by atoms with van der Waals surface area (Å²) < 4.78 is 0. The summed E-state index contributed by atoms with van der Waals surface area (Å²) in [4.78, 5) is 4.09. The quantitative estimate of drug-likeness (QED) is 0.804. The summed E-state index contributed by atoms with van der Waals surface area (Å²) in [6.45, 7) is 9.22. The molecule has 2 nitrogen and oxygen atoms in total. The molecule has 0 bridgehead atoms. The molecule has 1 atom stereocenters. The number of rotatable bonds is 6. The molecule has 0 spiro atoms. The van der Waals surface area contributed by atoms with Crippen LogP contribution in [0.5, 0.6) is 0 Å². The highest BCUT2D eigenvalue weighted by atomic mass is 32.2. The maximum absolute atomic E-state index is 3.49. The van der Waals surface area contributed by atoms with Crippen molar-refractivity contribution in [1.29, 1.82) is 0 Å². The molecule has 1 N–H and O–H groups in total. The first kappa shape index (κ1) is 14.9. The lowest BCUT2D eigenvalue weighted by atomic mass is 10.1. The van der Waals surface area contributed by atoms with E-state index in [4.69, 9.17) is 0 Å². The molecule has 2 rings (SSSR count). The van der Waals surface area contributed by atoms with Crippen LogP contribution in [0.2, 0.25) is 0 Å². The van der Waals surface area contributed by atoms with E-state index >= 15 is 0 Å². The van der Waals surface area contributed by atoms with Gasteiger partial charge in [-0.15, -0.1) is 11.8 Å². The average molecular weight is 278 g/mol. The summed E-state index contributed by atoms with van der Waals surface area (Å²) in [6.07, 6.45) is 3.46. The average Bonchev–Trinajstić information content (AvgIpc) is 2.92. The summed E-state index contributed by atoms with van der Waals surface area (Å²) >= 11 is 1.86. The molecule has 1 aromatic carbocycles. The molecule has 3 heteroatoms. The van der Waals surface area contributed by atoms with Crippen LogP contribution >= 0.6 is 11.8 Å². The van der Waals surface area contributed by atoms with E-state index in [1.807, 2.05) is 11.8 Å². The Bertz CT molecular complexity index is 386. The first-order valence-corrected chi connectivity index (χ1v) is 8.50. The molecule has 1 aliphatic rings. The Kier molecular flexibility index (Phi) is 5.74. The van der Waals surface area contributed by atoms with Crippen LogP contribution in [-0.2, 0) is 6.54 Å². The molecule has 0 radical (unpaired) electrons. The lowest BCUT2D eigenvalue weighted by Crippen LogP contribution is -2.38.